The van der Waals surface area contributed by atoms with Crippen LogP contribution in [0.4, 0.5) is 5.69 Å². The quantitative estimate of drug-likeness (QED) is 0.629. The Morgan fingerprint density at radius 2 is 1.72 bits per heavy atom. The van der Waals surface area contributed by atoms with E-state index in [1.54, 1.807) is 11.8 Å². The number of para-hydroxylation sites is 1. The van der Waals surface area contributed by atoms with E-state index in [-0.39, 0.29) is 17.5 Å². The molecule has 0 bridgehead atoms. The monoisotopic (exact) mass is 434 g/mol. The lowest BCUT2D eigenvalue weighted by Gasteiger charge is -2.35. The Labute approximate surface area is 189 Å². The molecule has 168 valence electrons. The van der Waals surface area contributed by atoms with E-state index < -0.39 is 6.10 Å². The van der Waals surface area contributed by atoms with Crippen LogP contribution in [0, 0.1) is 0 Å². The van der Waals surface area contributed by atoms with E-state index in [0.29, 0.717) is 19.6 Å². The molecule has 2 amide bonds. The van der Waals surface area contributed by atoms with Gasteiger partial charge >= 0.3 is 0 Å². The largest absolute Gasteiger partial charge is 0.382 e. The molecular weight excluding hydrogens is 404 g/mol. The highest BCUT2D eigenvalue weighted by Gasteiger charge is 2.34. The summed E-state index contributed by atoms with van der Waals surface area (Å²) in [5.41, 5.74) is 3.13. The second-order valence-electron chi connectivity index (χ2n) is 8.25. The van der Waals surface area contributed by atoms with E-state index in [1.165, 1.54) is 5.56 Å². The van der Waals surface area contributed by atoms with Crippen LogP contribution in [-0.4, -0.2) is 66.2 Å². The van der Waals surface area contributed by atoms with Crippen LogP contribution in [0.5, 0.6) is 0 Å². The van der Waals surface area contributed by atoms with Gasteiger partial charge in [-0.15, -0.1) is 0 Å². The highest BCUT2D eigenvalue weighted by Crippen LogP contribution is 2.29. The van der Waals surface area contributed by atoms with Crippen molar-refractivity contribution in [2.24, 2.45) is 5.16 Å². The van der Waals surface area contributed by atoms with Crippen LogP contribution in [-0.2, 0) is 21.0 Å². The second kappa shape index (κ2) is 9.96. The summed E-state index contributed by atoms with van der Waals surface area (Å²) in [6.45, 7) is 8.18. The first-order valence-corrected chi connectivity index (χ1v) is 11.3. The summed E-state index contributed by atoms with van der Waals surface area (Å²) in [5, 5.41) is 4.13. The van der Waals surface area contributed by atoms with Crippen molar-refractivity contribution in [3.63, 3.8) is 0 Å². The summed E-state index contributed by atoms with van der Waals surface area (Å²) < 4.78 is 0. The lowest BCUT2D eigenvalue weighted by atomic mass is 10.1. The third-order valence-electron chi connectivity index (χ3n) is 5.93. The highest BCUT2D eigenvalue weighted by atomic mass is 16.6. The van der Waals surface area contributed by atoms with Gasteiger partial charge in [0.25, 0.3) is 11.8 Å². The SMILES string of the molecule is CCCN1C(=O)C(=NOC(C)C(=O)N2CCN(Cc3ccccc3)CC2)c2ccccc21. The summed E-state index contributed by atoms with van der Waals surface area (Å²) >= 11 is 0. The van der Waals surface area contributed by atoms with Crippen LogP contribution in [0.15, 0.2) is 59.8 Å². The average Bonchev–Trinajstić information content (AvgIpc) is 3.09. The molecule has 1 fully saturated rings. The molecule has 1 unspecified atom stereocenters. The Balaban J connectivity index is 1.34. The molecular formula is C25H30N4O3. The molecule has 2 aliphatic rings. The van der Waals surface area contributed by atoms with Crippen molar-refractivity contribution in [1.82, 2.24) is 9.80 Å². The zero-order valence-electron chi connectivity index (χ0n) is 18.7. The highest BCUT2D eigenvalue weighted by molar-refractivity contribution is 6.54. The van der Waals surface area contributed by atoms with E-state index in [0.717, 1.165) is 37.3 Å². The van der Waals surface area contributed by atoms with Crippen LogP contribution in [0.2, 0.25) is 0 Å². The van der Waals surface area contributed by atoms with Gasteiger partial charge in [-0.3, -0.25) is 14.5 Å². The number of amides is 2. The van der Waals surface area contributed by atoms with Crippen molar-refractivity contribution in [3.8, 4) is 0 Å². The van der Waals surface area contributed by atoms with Crippen molar-refractivity contribution in [1.29, 1.82) is 0 Å². The van der Waals surface area contributed by atoms with E-state index >= 15 is 0 Å². The number of carbonyl (C=O) groups is 2. The van der Waals surface area contributed by atoms with Crippen molar-refractivity contribution >= 4 is 23.2 Å². The zero-order chi connectivity index (χ0) is 22.5. The van der Waals surface area contributed by atoms with Crippen LogP contribution in [0.25, 0.3) is 0 Å². The summed E-state index contributed by atoms with van der Waals surface area (Å²) in [6, 6.07) is 17.9. The van der Waals surface area contributed by atoms with Crippen LogP contribution in [0.1, 0.15) is 31.4 Å². The summed E-state index contributed by atoms with van der Waals surface area (Å²) in [5.74, 6) is -0.278. The first kappa shape index (κ1) is 22.0. The van der Waals surface area contributed by atoms with Gasteiger partial charge in [-0.25, -0.2) is 0 Å². The first-order valence-electron chi connectivity index (χ1n) is 11.3. The summed E-state index contributed by atoms with van der Waals surface area (Å²) in [4.78, 5) is 37.2. The Bertz CT molecular complexity index is 984. The molecule has 7 nitrogen and oxygen atoms in total. The Kier molecular flexibility index (Phi) is 6.85. The van der Waals surface area contributed by atoms with Crippen LogP contribution >= 0.6 is 0 Å². The van der Waals surface area contributed by atoms with E-state index in [2.05, 4.69) is 22.2 Å². The molecule has 1 saturated heterocycles. The van der Waals surface area contributed by atoms with Crippen molar-refractivity contribution < 1.29 is 14.4 Å². The normalized spacial score (nSPS) is 18.7. The van der Waals surface area contributed by atoms with Crippen molar-refractivity contribution in [2.75, 3.05) is 37.6 Å². The standard InChI is InChI=1S/C25H30N4O3/c1-3-13-29-22-12-8-7-11-21(22)23(25(29)31)26-32-19(2)24(30)28-16-14-27(15-17-28)18-20-9-5-4-6-10-20/h4-12,19H,3,13-18H2,1-2H3. The number of hydrogen-bond donors (Lipinski definition) is 0. The number of carbonyl (C=O) groups excluding carboxylic acids is 2. The topological polar surface area (TPSA) is 65.5 Å². The van der Waals surface area contributed by atoms with E-state index in [1.807, 2.05) is 54.3 Å². The second-order valence-corrected chi connectivity index (χ2v) is 8.25. The molecule has 0 spiro atoms. The lowest BCUT2D eigenvalue weighted by molar-refractivity contribution is -0.144. The molecule has 0 aliphatic carbocycles. The Hall–Kier alpha value is -3.19. The first-order chi connectivity index (χ1) is 15.6. The molecule has 2 aromatic carbocycles. The average molecular weight is 435 g/mol. The lowest BCUT2D eigenvalue weighted by Crippen LogP contribution is -2.50. The Morgan fingerprint density at radius 1 is 1.03 bits per heavy atom. The maximum atomic E-state index is 12.9. The fourth-order valence-electron chi connectivity index (χ4n) is 4.20. The molecule has 7 heteroatoms. The van der Waals surface area contributed by atoms with Gasteiger partial charge < -0.3 is 14.6 Å². The fraction of sp³-hybridized carbons (Fsp3) is 0.400. The number of anilines is 1. The van der Waals surface area contributed by atoms with Gasteiger partial charge in [0, 0.05) is 44.8 Å². The smallest absolute Gasteiger partial charge is 0.281 e. The summed E-state index contributed by atoms with van der Waals surface area (Å²) in [7, 11) is 0. The fourth-order valence-corrected chi connectivity index (χ4v) is 4.20. The molecule has 0 saturated carbocycles. The molecule has 32 heavy (non-hydrogen) atoms. The van der Waals surface area contributed by atoms with Gasteiger partial charge in [-0.1, -0.05) is 60.6 Å². The number of benzene rings is 2. The number of hydrogen-bond acceptors (Lipinski definition) is 5. The minimum Gasteiger partial charge on any atom is -0.382 e. The summed E-state index contributed by atoms with van der Waals surface area (Å²) in [6.07, 6.45) is 0.0997. The maximum absolute atomic E-state index is 12.9. The van der Waals surface area contributed by atoms with Gasteiger partial charge in [-0.2, -0.15) is 0 Å². The number of nitrogens with zero attached hydrogens (tertiary/aromatic N) is 4. The van der Waals surface area contributed by atoms with Crippen LogP contribution < -0.4 is 4.90 Å². The molecule has 1 atom stereocenters. The van der Waals surface area contributed by atoms with Crippen LogP contribution in [0.3, 0.4) is 0 Å². The molecule has 2 aromatic rings. The number of fused-ring (bicyclic) bond motifs is 1. The van der Waals surface area contributed by atoms with Crippen molar-refractivity contribution in [3.05, 3.63) is 65.7 Å². The maximum Gasteiger partial charge on any atom is 0.281 e. The predicted molar refractivity (Wildman–Crippen MR) is 124 cm³/mol. The third-order valence-corrected chi connectivity index (χ3v) is 5.93. The minimum atomic E-state index is -0.747. The van der Waals surface area contributed by atoms with Gasteiger partial charge in [0.1, 0.15) is 0 Å². The third kappa shape index (κ3) is 4.67. The molecule has 0 aromatic heterocycles. The van der Waals surface area contributed by atoms with E-state index in [4.69, 9.17) is 4.84 Å². The number of rotatable bonds is 7. The zero-order valence-corrected chi connectivity index (χ0v) is 18.7. The molecule has 0 radical (unpaired) electrons. The van der Waals surface area contributed by atoms with Gasteiger partial charge in [-0.05, 0) is 25.0 Å². The predicted octanol–water partition coefficient (Wildman–Crippen LogP) is 2.90. The Morgan fingerprint density at radius 3 is 2.44 bits per heavy atom. The van der Waals surface area contributed by atoms with E-state index in [9.17, 15) is 9.59 Å². The van der Waals surface area contributed by atoms with Gasteiger partial charge in [0.05, 0.1) is 5.69 Å². The molecule has 4 rings (SSSR count). The molecule has 2 aliphatic heterocycles. The molecule has 2 heterocycles. The van der Waals surface area contributed by atoms with Gasteiger partial charge in [0.2, 0.25) is 6.10 Å². The minimum absolute atomic E-state index is 0.0992. The number of piperazine rings is 1. The number of oxime groups is 1. The van der Waals surface area contributed by atoms with Gasteiger partial charge in [0.15, 0.2) is 5.71 Å². The molecule has 0 N–H and O–H groups in total. The van der Waals surface area contributed by atoms with Crippen molar-refractivity contribution in [2.45, 2.75) is 32.9 Å².